The average molecular weight is 353 g/mol. The molecule has 0 unspecified atom stereocenters. The molecule has 8 heteroatoms. The number of hydrogen-bond donors (Lipinski definition) is 3. The van der Waals surface area contributed by atoms with E-state index in [9.17, 15) is 13.2 Å². The first-order valence-corrected chi connectivity index (χ1v) is 9.23. The fraction of sp³-hybridized carbons (Fsp3) is 0.267. The van der Waals surface area contributed by atoms with E-state index >= 15 is 0 Å². The SMILES string of the molecule is CC(C)(C)NC(=O)Nc1ccc(-c2ccc(S(N)(=O)=O)s2)cc1. The second-order valence-electron chi connectivity index (χ2n) is 6.07. The minimum atomic E-state index is -3.68. The number of nitrogens with two attached hydrogens (primary N) is 1. The van der Waals surface area contributed by atoms with Gasteiger partial charge in [0.05, 0.1) is 0 Å². The number of sulfonamides is 1. The molecule has 1 heterocycles. The molecule has 23 heavy (non-hydrogen) atoms. The predicted octanol–water partition coefficient (Wildman–Crippen LogP) is 2.98. The van der Waals surface area contributed by atoms with Crippen molar-refractivity contribution in [2.75, 3.05) is 5.32 Å². The third kappa shape index (κ3) is 5.05. The Morgan fingerprint density at radius 1 is 1.09 bits per heavy atom. The van der Waals surface area contributed by atoms with Crippen LogP contribution in [0.4, 0.5) is 10.5 Å². The third-order valence-electron chi connectivity index (χ3n) is 2.78. The van der Waals surface area contributed by atoms with Crippen LogP contribution in [0.1, 0.15) is 20.8 Å². The first-order chi connectivity index (χ1) is 10.5. The molecule has 0 aliphatic heterocycles. The molecule has 0 saturated heterocycles. The van der Waals surface area contributed by atoms with Crippen molar-refractivity contribution in [3.05, 3.63) is 36.4 Å². The van der Waals surface area contributed by atoms with Crippen molar-refractivity contribution in [2.45, 2.75) is 30.5 Å². The summed E-state index contributed by atoms with van der Waals surface area (Å²) >= 11 is 1.11. The van der Waals surface area contributed by atoms with Gasteiger partial charge in [-0.05, 0) is 50.6 Å². The highest BCUT2D eigenvalue weighted by atomic mass is 32.2. The van der Waals surface area contributed by atoms with Gasteiger partial charge in [0, 0.05) is 16.1 Å². The second kappa shape index (κ2) is 6.31. The third-order valence-corrected chi connectivity index (χ3v) is 5.35. The predicted molar refractivity (Wildman–Crippen MR) is 93.0 cm³/mol. The minimum absolute atomic E-state index is 0.124. The molecule has 0 fully saturated rings. The number of benzene rings is 1. The largest absolute Gasteiger partial charge is 0.333 e. The first kappa shape index (κ1) is 17.5. The van der Waals surface area contributed by atoms with E-state index in [4.69, 9.17) is 5.14 Å². The molecule has 0 aliphatic rings. The lowest BCUT2D eigenvalue weighted by Gasteiger charge is -2.20. The van der Waals surface area contributed by atoms with Crippen molar-refractivity contribution in [1.29, 1.82) is 0 Å². The van der Waals surface area contributed by atoms with Crippen molar-refractivity contribution in [2.24, 2.45) is 5.14 Å². The smallest absolute Gasteiger partial charge is 0.319 e. The highest BCUT2D eigenvalue weighted by Crippen LogP contribution is 2.30. The number of primary sulfonamides is 1. The number of hydrogen-bond acceptors (Lipinski definition) is 4. The standard InChI is InChI=1S/C15H19N3O3S2/c1-15(2,3)18-14(19)17-11-6-4-10(5-7-11)12-8-9-13(22-12)23(16,20)21/h4-9H,1-3H3,(H2,16,20,21)(H2,17,18,19). The highest BCUT2D eigenvalue weighted by molar-refractivity contribution is 7.91. The number of carbonyl (C=O) groups is 1. The molecule has 0 radical (unpaired) electrons. The summed E-state index contributed by atoms with van der Waals surface area (Å²) in [5.74, 6) is 0. The molecule has 2 amide bonds. The fourth-order valence-electron chi connectivity index (χ4n) is 1.85. The van der Waals surface area contributed by atoms with Crippen LogP contribution in [0.15, 0.2) is 40.6 Å². The topological polar surface area (TPSA) is 101 Å². The number of anilines is 1. The Balaban J connectivity index is 2.11. The summed E-state index contributed by atoms with van der Waals surface area (Å²) in [5.41, 5.74) is 1.19. The van der Waals surface area contributed by atoms with Crippen LogP contribution < -0.4 is 15.8 Å². The highest BCUT2D eigenvalue weighted by Gasteiger charge is 2.14. The fourth-order valence-corrected chi connectivity index (χ4v) is 3.58. The number of amides is 2. The molecule has 6 nitrogen and oxygen atoms in total. The van der Waals surface area contributed by atoms with Crippen molar-refractivity contribution >= 4 is 33.1 Å². The van der Waals surface area contributed by atoms with Gasteiger partial charge in [-0.3, -0.25) is 0 Å². The van der Waals surface area contributed by atoms with E-state index < -0.39 is 10.0 Å². The minimum Gasteiger partial charge on any atom is -0.333 e. The zero-order chi connectivity index (χ0) is 17.3. The summed E-state index contributed by atoms with van der Waals surface area (Å²) in [6.45, 7) is 5.70. The Hall–Kier alpha value is -1.90. The molecule has 2 aromatic rings. The van der Waals surface area contributed by atoms with E-state index in [0.717, 1.165) is 21.8 Å². The summed E-state index contributed by atoms with van der Waals surface area (Å²) in [5, 5.41) is 10.7. The van der Waals surface area contributed by atoms with Gasteiger partial charge in [-0.2, -0.15) is 0 Å². The quantitative estimate of drug-likeness (QED) is 0.790. The Morgan fingerprint density at radius 2 is 1.70 bits per heavy atom. The molecule has 4 N–H and O–H groups in total. The molecule has 2 rings (SSSR count). The summed E-state index contributed by atoms with van der Waals surface area (Å²) < 4.78 is 22.7. The summed E-state index contributed by atoms with van der Waals surface area (Å²) in [6, 6.07) is 10.0. The van der Waals surface area contributed by atoms with Crippen LogP contribution in [-0.2, 0) is 10.0 Å². The van der Waals surface area contributed by atoms with E-state index in [0.29, 0.717) is 5.69 Å². The van der Waals surface area contributed by atoms with Gasteiger partial charge in [-0.15, -0.1) is 11.3 Å². The lowest BCUT2D eigenvalue weighted by molar-refractivity contribution is 0.244. The number of thiophene rings is 1. The maximum Gasteiger partial charge on any atom is 0.319 e. The maximum atomic E-state index is 11.8. The Labute approximate surface area is 139 Å². The van der Waals surface area contributed by atoms with Crippen molar-refractivity contribution in [3.8, 4) is 10.4 Å². The van der Waals surface area contributed by atoms with E-state index in [1.54, 1.807) is 18.2 Å². The first-order valence-electron chi connectivity index (χ1n) is 6.87. The van der Waals surface area contributed by atoms with Crippen LogP contribution in [0.5, 0.6) is 0 Å². The number of rotatable bonds is 3. The van der Waals surface area contributed by atoms with E-state index in [1.165, 1.54) is 6.07 Å². The van der Waals surface area contributed by atoms with E-state index in [2.05, 4.69) is 10.6 Å². The number of urea groups is 1. The van der Waals surface area contributed by atoms with Gasteiger partial charge in [0.25, 0.3) is 0 Å². The normalized spacial score (nSPS) is 12.0. The van der Waals surface area contributed by atoms with Crippen molar-refractivity contribution < 1.29 is 13.2 Å². The molecule has 1 aromatic carbocycles. The van der Waals surface area contributed by atoms with Gasteiger partial charge in [0.15, 0.2) is 0 Å². The summed E-state index contributed by atoms with van der Waals surface area (Å²) in [7, 11) is -3.68. The zero-order valence-corrected chi connectivity index (χ0v) is 14.7. The van der Waals surface area contributed by atoms with Gasteiger partial charge >= 0.3 is 6.03 Å². The zero-order valence-electron chi connectivity index (χ0n) is 13.1. The van der Waals surface area contributed by atoms with Crippen molar-refractivity contribution in [3.63, 3.8) is 0 Å². The number of nitrogens with one attached hydrogen (secondary N) is 2. The molecule has 0 bridgehead atoms. The van der Waals surface area contributed by atoms with Crippen LogP contribution in [0.2, 0.25) is 0 Å². The van der Waals surface area contributed by atoms with Gasteiger partial charge in [0.2, 0.25) is 10.0 Å². The van der Waals surface area contributed by atoms with Crippen LogP contribution >= 0.6 is 11.3 Å². The van der Waals surface area contributed by atoms with Crippen LogP contribution in [-0.4, -0.2) is 20.0 Å². The van der Waals surface area contributed by atoms with Crippen molar-refractivity contribution in [1.82, 2.24) is 5.32 Å². The second-order valence-corrected chi connectivity index (χ2v) is 8.94. The Kier molecular flexibility index (Phi) is 4.79. The van der Waals surface area contributed by atoms with E-state index in [1.807, 2.05) is 32.9 Å². The van der Waals surface area contributed by atoms with Crippen LogP contribution in [0.3, 0.4) is 0 Å². The van der Waals surface area contributed by atoms with Gasteiger partial charge in [-0.1, -0.05) is 12.1 Å². The van der Waals surface area contributed by atoms with Crippen LogP contribution in [0.25, 0.3) is 10.4 Å². The molecule has 0 saturated carbocycles. The number of carbonyl (C=O) groups excluding carboxylic acids is 1. The summed E-state index contributed by atoms with van der Waals surface area (Å²) in [6.07, 6.45) is 0. The molecule has 124 valence electrons. The lowest BCUT2D eigenvalue weighted by atomic mass is 10.1. The van der Waals surface area contributed by atoms with Crippen LogP contribution in [0, 0.1) is 0 Å². The Bertz CT molecular complexity index is 803. The van der Waals surface area contributed by atoms with Gasteiger partial charge < -0.3 is 10.6 Å². The molecule has 0 aliphatic carbocycles. The Morgan fingerprint density at radius 3 is 2.17 bits per heavy atom. The molecular weight excluding hydrogens is 334 g/mol. The summed E-state index contributed by atoms with van der Waals surface area (Å²) in [4.78, 5) is 12.6. The van der Waals surface area contributed by atoms with Gasteiger partial charge in [-0.25, -0.2) is 18.4 Å². The molecule has 1 aromatic heterocycles. The molecule has 0 spiro atoms. The molecular formula is C15H19N3O3S2. The monoisotopic (exact) mass is 353 g/mol. The van der Waals surface area contributed by atoms with E-state index in [-0.39, 0.29) is 15.8 Å². The average Bonchev–Trinajstić information content (AvgIpc) is 2.86. The maximum absolute atomic E-state index is 11.8. The van der Waals surface area contributed by atoms with Gasteiger partial charge in [0.1, 0.15) is 4.21 Å². The lowest BCUT2D eigenvalue weighted by Crippen LogP contribution is -2.43. The molecule has 0 atom stereocenters.